The molecule has 3 rings (SSSR count). The highest BCUT2D eigenvalue weighted by molar-refractivity contribution is 5.90. The van der Waals surface area contributed by atoms with Crippen LogP contribution >= 0.6 is 0 Å². The molecule has 0 amide bonds. The molecule has 1 fully saturated rings. The van der Waals surface area contributed by atoms with Crippen LogP contribution in [0.25, 0.3) is 10.9 Å². The summed E-state index contributed by atoms with van der Waals surface area (Å²) in [4.78, 5) is 11.9. The summed E-state index contributed by atoms with van der Waals surface area (Å²) in [6.07, 6.45) is 2.56. The predicted octanol–water partition coefficient (Wildman–Crippen LogP) is 3.69. The summed E-state index contributed by atoms with van der Waals surface area (Å²) in [6, 6.07) is 8.97. The molecule has 1 N–H and O–H groups in total. The van der Waals surface area contributed by atoms with E-state index in [2.05, 4.69) is 54.2 Å². The van der Waals surface area contributed by atoms with Gasteiger partial charge in [-0.1, -0.05) is 26.0 Å². The first-order valence-electron chi connectivity index (χ1n) is 7.96. The molecule has 1 heterocycles. The van der Waals surface area contributed by atoms with Gasteiger partial charge in [0.2, 0.25) is 5.95 Å². The van der Waals surface area contributed by atoms with Crippen LogP contribution in [0, 0.1) is 5.92 Å². The lowest BCUT2D eigenvalue weighted by atomic mass is 10.1. The minimum atomic E-state index is 0.627. The fourth-order valence-electron chi connectivity index (χ4n) is 2.70. The number of aromatic nitrogens is 2. The molecule has 0 radical (unpaired) electrons. The average Bonchev–Trinajstić information content (AvgIpc) is 3.29. The van der Waals surface area contributed by atoms with Crippen LogP contribution in [0.4, 0.5) is 11.8 Å². The van der Waals surface area contributed by atoms with Gasteiger partial charge < -0.3 is 10.2 Å². The van der Waals surface area contributed by atoms with E-state index in [4.69, 9.17) is 4.98 Å². The first-order chi connectivity index (χ1) is 10.2. The van der Waals surface area contributed by atoms with Gasteiger partial charge in [0.1, 0.15) is 5.82 Å². The molecule has 0 atom stereocenters. The molecule has 0 spiro atoms. The van der Waals surface area contributed by atoms with E-state index < -0.39 is 0 Å². The molecule has 1 aromatic carbocycles. The van der Waals surface area contributed by atoms with Gasteiger partial charge >= 0.3 is 0 Å². The number of nitrogens with one attached hydrogen (secondary N) is 1. The molecule has 0 saturated heterocycles. The van der Waals surface area contributed by atoms with Gasteiger partial charge in [0.15, 0.2) is 0 Å². The number of hydrogen-bond donors (Lipinski definition) is 1. The lowest BCUT2D eigenvalue weighted by Gasteiger charge is -2.27. The highest BCUT2D eigenvalue weighted by Crippen LogP contribution is 2.35. The molecule has 1 aliphatic rings. The number of benzene rings is 1. The van der Waals surface area contributed by atoms with E-state index in [-0.39, 0.29) is 0 Å². The Balaban J connectivity index is 2.09. The Morgan fingerprint density at radius 3 is 2.67 bits per heavy atom. The van der Waals surface area contributed by atoms with E-state index >= 15 is 0 Å². The second kappa shape index (κ2) is 5.88. The van der Waals surface area contributed by atoms with Crippen molar-refractivity contribution < 1.29 is 0 Å². The fraction of sp³-hybridized carbons (Fsp3) is 0.529. The Kier molecular flexibility index (Phi) is 3.95. The third-order valence-corrected chi connectivity index (χ3v) is 3.74. The van der Waals surface area contributed by atoms with Gasteiger partial charge in [0, 0.05) is 24.5 Å². The maximum absolute atomic E-state index is 4.81. The molecule has 2 aromatic rings. The lowest BCUT2D eigenvalue weighted by molar-refractivity contribution is 0.604. The summed E-state index contributed by atoms with van der Waals surface area (Å²) in [6.45, 7) is 8.50. The van der Waals surface area contributed by atoms with Crippen LogP contribution in [-0.4, -0.2) is 29.1 Å². The van der Waals surface area contributed by atoms with E-state index in [1.807, 2.05) is 6.07 Å². The molecule has 4 nitrogen and oxygen atoms in total. The van der Waals surface area contributed by atoms with Crippen LogP contribution < -0.4 is 10.2 Å². The van der Waals surface area contributed by atoms with Crippen molar-refractivity contribution in [2.24, 2.45) is 5.92 Å². The first-order valence-corrected chi connectivity index (χ1v) is 7.96. The second-order valence-electron chi connectivity index (χ2n) is 6.20. The van der Waals surface area contributed by atoms with Crippen molar-refractivity contribution in [1.29, 1.82) is 0 Å². The summed E-state index contributed by atoms with van der Waals surface area (Å²) < 4.78 is 0. The van der Waals surface area contributed by atoms with Crippen LogP contribution in [0.2, 0.25) is 0 Å². The molecule has 1 saturated carbocycles. The normalized spacial score (nSPS) is 14.7. The van der Waals surface area contributed by atoms with Gasteiger partial charge in [0.25, 0.3) is 0 Å². The zero-order valence-electron chi connectivity index (χ0n) is 13.1. The molecule has 0 bridgehead atoms. The monoisotopic (exact) mass is 284 g/mol. The summed E-state index contributed by atoms with van der Waals surface area (Å²) in [7, 11) is 0. The van der Waals surface area contributed by atoms with Crippen LogP contribution in [0.5, 0.6) is 0 Å². The highest BCUT2D eigenvalue weighted by Gasteiger charge is 2.31. The van der Waals surface area contributed by atoms with Gasteiger partial charge in [0.05, 0.1) is 5.52 Å². The Morgan fingerprint density at radius 2 is 2.00 bits per heavy atom. The Bertz CT molecular complexity index is 619. The first kappa shape index (κ1) is 14.1. The van der Waals surface area contributed by atoms with Crippen molar-refractivity contribution in [1.82, 2.24) is 9.97 Å². The summed E-state index contributed by atoms with van der Waals surface area (Å²) in [5.41, 5.74) is 1.02. The third-order valence-electron chi connectivity index (χ3n) is 3.74. The molecule has 1 aliphatic carbocycles. The van der Waals surface area contributed by atoms with Crippen LogP contribution in [0.1, 0.15) is 33.6 Å². The SMILES string of the molecule is CCNc1nc(N(CC(C)C)C2CC2)c2ccccc2n1. The largest absolute Gasteiger partial charge is 0.354 e. The van der Waals surface area contributed by atoms with Crippen LogP contribution in [0.3, 0.4) is 0 Å². The van der Waals surface area contributed by atoms with Gasteiger partial charge in [-0.3, -0.25) is 0 Å². The number of para-hydroxylation sites is 1. The van der Waals surface area contributed by atoms with Crippen molar-refractivity contribution in [3.63, 3.8) is 0 Å². The smallest absolute Gasteiger partial charge is 0.225 e. The lowest BCUT2D eigenvalue weighted by Crippen LogP contribution is -2.31. The molecule has 112 valence electrons. The van der Waals surface area contributed by atoms with Crippen molar-refractivity contribution in [2.45, 2.75) is 39.7 Å². The summed E-state index contributed by atoms with van der Waals surface area (Å²) >= 11 is 0. The molecular weight excluding hydrogens is 260 g/mol. The Hall–Kier alpha value is -1.84. The predicted molar refractivity (Wildman–Crippen MR) is 88.9 cm³/mol. The maximum atomic E-state index is 4.81. The highest BCUT2D eigenvalue weighted by atomic mass is 15.3. The average molecular weight is 284 g/mol. The van der Waals surface area contributed by atoms with Crippen LogP contribution in [0.15, 0.2) is 24.3 Å². The summed E-state index contributed by atoms with van der Waals surface area (Å²) in [5.74, 6) is 2.45. The number of nitrogens with zero attached hydrogens (tertiary/aromatic N) is 3. The molecule has 4 heteroatoms. The van der Waals surface area contributed by atoms with Crippen molar-refractivity contribution in [3.05, 3.63) is 24.3 Å². The number of fused-ring (bicyclic) bond motifs is 1. The van der Waals surface area contributed by atoms with E-state index in [9.17, 15) is 0 Å². The van der Waals surface area contributed by atoms with Gasteiger partial charge in [-0.25, -0.2) is 4.98 Å². The zero-order valence-corrected chi connectivity index (χ0v) is 13.1. The Labute approximate surface area is 126 Å². The molecule has 0 aliphatic heterocycles. The van der Waals surface area contributed by atoms with Gasteiger partial charge in [-0.05, 0) is 37.8 Å². The quantitative estimate of drug-likeness (QED) is 0.878. The minimum Gasteiger partial charge on any atom is -0.354 e. The zero-order chi connectivity index (χ0) is 14.8. The van der Waals surface area contributed by atoms with E-state index in [0.29, 0.717) is 12.0 Å². The molecular formula is C17H24N4. The molecule has 21 heavy (non-hydrogen) atoms. The maximum Gasteiger partial charge on any atom is 0.225 e. The van der Waals surface area contributed by atoms with Crippen molar-refractivity contribution >= 4 is 22.7 Å². The standard InChI is InChI=1S/C17H24N4/c1-4-18-17-19-15-8-6-5-7-14(15)16(20-17)21(11-12(2)3)13-9-10-13/h5-8,12-13H,4,9-11H2,1-3H3,(H,18,19,20). The van der Waals surface area contributed by atoms with Crippen LogP contribution in [-0.2, 0) is 0 Å². The number of anilines is 2. The van der Waals surface area contributed by atoms with Crippen molar-refractivity contribution in [2.75, 3.05) is 23.3 Å². The number of hydrogen-bond acceptors (Lipinski definition) is 4. The topological polar surface area (TPSA) is 41.1 Å². The Morgan fingerprint density at radius 1 is 1.24 bits per heavy atom. The summed E-state index contributed by atoms with van der Waals surface area (Å²) in [5, 5.41) is 4.42. The minimum absolute atomic E-state index is 0.627. The third kappa shape index (κ3) is 3.09. The second-order valence-corrected chi connectivity index (χ2v) is 6.20. The van der Waals surface area contributed by atoms with E-state index in [1.165, 1.54) is 12.8 Å². The van der Waals surface area contributed by atoms with Gasteiger partial charge in [-0.2, -0.15) is 4.98 Å². The van der Waals surface area contributed by atoms with Crippen molar-refractivity contribution in [3.8, 4) is 0 Å². The molecule has 1 aromatic heterocycles. The van der Waals surface area contributed by atoms with E-state index in [0.717, 1.165) is 35.8 Å². The van der Waals surface area contributed by atoms with E-state index in [1.54, 1.807) is 0 Å². The van der Waals surface area contributed by atoms with Gasteiger partial charge in [-0.15, -0.1) is 0 Å². The fourth-order valence-corrected chi connectivity index (χ4v) is 2.70. The molecule has 0 unspecified atom stereocenters. The number of rotatable bonds is 6.